The highest BCUT2D eigenvalue weighted by Crippen LogP contribution is 2.16. The van der Waals surface area contributed by atoms with Gasteiger partial charge >= 0.3 is 0 Å². The Morgan fingerprint density at radius 1 is 0.962 bits per heavy atom. The van der Waals surface area contributed by atoms with E-state index in [-0.39, 0.29) is 11.7 Å². The van der Waals surface area contributed by atoms with Crippen molar-refractivity contribution in [1.82, 2.24) is 10.2 Å². The van der Waals surface area contributed by atoms with E-state index in [0.29, 0.717) is 19.4 Å². The lowest BCUT2D eigenvalue weighted by Gasteiger charge is -2.27. The van der Waals surface area contributed by atoms with Crippen LogP contribution in [-0.2, 0) is 24.3 Å². The Kier molecular flexibility index (Phi) is 6.78. The number of amides is 1. The minimum Gasteiger partial charge on any atom is -0.352 e. The maximum atomic E-state index is 12.9. The number of likely N-dealkylation sites (tertiary alicyclic amines) is 1. The molecule has 4 heteroatoms. The fraction of sp³-hybridized carbons (Fsp3) is 0.409. The van der Waals surface area contributed by atoms with E-state index >= 15 is 0 Å². The molecule has 1 heterocycles. The second-order valence-electron chi connectivity index (χ2n) is 7.01. The van der Waals surface area contributed by atoms with Crippen LogP contribution in [0.25, 0.3) is 0 Å². The Hall–Kier alpha value is -2.20. The van der Waals surface area contributed by atoms with E-state index in [1.165, 1.54) is 55.6 Å². The van der Waals surface area contributed by atoms with Gasteiger partial charge < -0.3 is 5.32 Å². The summed E-state index contributed by atoms with van der Waals surface area (Å²) in [5.74, 6) is -0.217. The third kappa shape index (κ3) is 5.67. The number of aryl methyl sites for hydroxylation is 1. The Labute approximate surface area is 155 Å². The van der Waals surface area contributed by atoms with Crippen LogP contribution in [0.15, 0.2) is 48.5 Å². The Balaban J connectivity index is 1.49. The zero-order chi connectivity index (χ0) is 18.2. The SMILES string of the molecule is O=C(CCc1ccc(F)cc1)NCc1ccccc1CN1CCCCC1. The molecule has 1 N–H and O–H groups in total. The smallest absolute Gasteiger partial charge is 0.220 e. The van der Waals surface area contributed by atoms with Gasteiger partial charge in [0.15, 0.2) is 0 Å². The van der Waals surface area contributed by atoms with E-state index < -0.39 is 0 Å². The quantitative estimate of drug-likeness (QED) is 0.813. The van der Waals surface area contributed by atoms with Crippen molar-refractivity contribution in [2.45, 2.75) is 45.2 Å². The summed E-state index contributed by atoms with van der Waals surface area (Å²) in [6.07, 6.45) is 4.94. The molecule has 2 aromatic rings. The lowest BCUT2D eigenvalue weighted by Crippen LogP contribution is -2.30. The second-order valence-corrected chi connectivity index (χ2v) is 7.01. The highest BCUT2D eigenvalue weighted by atomic mass is 19.1. The monoisotopic (exact) mass is 354 g/mol. The molecule has 138 valence electrons. The summed E-state index contributed by atoms with van der Waals surface area (Å²) >= 11 is 0. The number of carbonyl (C=O) groups is 1. The van der Waals surface area contributed by atoms with Gasteiger partial charge in [0.2, 0.25) is 5.91 Å². The lowest BCUT2D eigenvalue weighted by molar-refractivity contribution is -0.121. The highest BCUT2D eigenvalue weighted by Gasteiger charge is 2.12. The van der Waals surface area contributed by atoms with E-state index in [0.717, 1.165) is 12.1 Å². The van der Waals surface area contributed by atoms with Gasteiger partial charge in [-0.2, -0.15) is 0 Å². The van der Waals surface area contributed by atoms with Crippen molar-refractivity contribution in [3.63, 3.8) is 0 Å². The molecular formula is C22H27FN2O. The van der Waals surface area contributed by atoms with Crippen molar-refractivity contribution in [1.29, 1.82) is 0 Å². The molecule has 0 saturated carbocycles. The zero-order valence-corrected chi connectivity index (χ0v) is 15.2. The molecule has 0 radical (unpaired) electrons. The summed E-state index contributed by atoms with van der Waals surface area (Å²) in [4.78, 5) is 14.7. The summed E-state index contributed by atoms with van der Waals surface area (Å²) in [6.45, 7) is 3.85. The standard InChI is InChI=1S/C22H27FN2O/c23-21-11-8-18(9-12-21)10-13-22(26)24-16-19-6-2-3-7-20(19)17-25-14-4-1-5-15-25/h2-3,6-9,11-12H,1,4-5,10,13-17H2,(H,24,26). The minimum atomic E-state index is -0.247. The van der Waals surface area contributed by atoms with Crippen LogP contribution in [0.1, 0.15) is 42.4 Å². The summed E-state index contributed by atoms with van der Waals surface area (Å²) in [7, 11) is 0. The molecule has 1 fully saturated rings. The number of nitrogens with zero attached hydrogens (tertiary/aromatic N) is 1. The van der Waals surface area contributed by atoms with Crippen molar-refractivity contribution in [3.05, 3.63) is 71.0 Å². The first-order valence-electron chi connectivity index (χ1n) is 9.51. The summed E-state index contributed by atoms with van der Waals surface area (Å²) in [5.41, 5.74) is 3.47. The van der Waals surface area contributed by atoms with Crippen LogP contribution >= 0.6 is 0 Å². The number of nitrogens with one attached hydrogen (secondary N) is 1. The molecule has 1 aliphatic rings. The molecule has 26 heavy (non-hydrogen) atoms. The maximum Gasteiger partial charge on any atom is 0.220 e. The van der Waals surface area contributed by atoms with Crippen LogP contribution in [0.2, 0.25) is 0 Å². The van der Waals surface area contributed by atoms with Gasteiger partial charge in [-0.05, 0) is 61.2 Å². The minimum absolute atomic E-state index is 0.0297. The molecule has 0 unspecified atom stereocenters. The number of hydrogen-bond acceptors (Lipinski definition) is 2. The Bertz CT molecular complexity index is 708. The normalized spacial score (nSPS) is 15.0. The fourth-order valence-electron chi connectivity index (χ4n) is 3.43. The first kappa shape index (κ1) is 18.6. The van der Waals surface area contributed by atoms with Gasteiger partial charge in [-0.15, -0.1) is 0 Å². The van der Waals surface area contributed by atoms with Crippen LogP contribution in [0.4, 0.5) is 4.39 Å². The van der Waals surface area contributed by atoms with Crippen molar-refractivity contribution < 1.29 is 9.18 Å². The molecule has 1 amide bonds. The Morgan fingerprint density at radius 3 is 2.38 bits per heavy atom. The molecule has 0 aliphatic carbocycles. The Morgan fingerprint density at radius 2 is 1.65 bits per heavy atom. The topological polar surface area (TPSA) is 32.3 Å². The van der Waals surface area contributed by atoms with Gasteiger partial charge in [0.25, 0.3) is 0 Å². The average molecular weight is 354 g/mol. The van der Waals surface area contributed by atoms with Crippen molar-refractivity contribution in [2.24, 2.45) is 0 Å². The van der Waals surface area contributed by atoms with Crippen LogP contribution in [0.3, 0.4) is 0 Å². The van der Waals surface area contributed by atoms with Crippen molar-refractivity contribution in [3.8, 4) is 0 Å². The maximum absolute atomic E-state index is 12.9. The predicted octanol–water partition coefficient (Wildman–Crippen LogP) is 4.06. The summed E-state index contributed by atoms with van der Waals surface area (Å²) < 4.78 is 12.9. The summed E-state index contributed by atoms with van der Waals surface area (Å²) in [5, 5.41) is 3.03. The van der Waals surface area contributed by atoms with E-state index in [9.17, 15) is 9.18 Å². The first-order valence-corrected chi connectivity index (χ1v) is 9.51. The molecule has 0 bridgehead atoms. The highest BCUT2D eigenvalue weighted by molar-refractivity contribution is 5.76. The molecule has 0 aromatic heterocycles. The number of hydrogen-bond donors (Lipinski definition) is 1. The van der Waals surface area contributed by atoms with Crippen molar-refractivity contribution >= 4 is 5.91 Å². The van der Waals surface area contributed by atoms with Crippen LogP contribution in [0.5, 0.6) is 0 Å². The number of rotatable bonds is 7. The largest absolute Gasteiger partial charge is 0.352 e. The third-order valence-corrected chi connectivity index (χ3v) is 4.99. The van der Waals surface area contributed by atoms with Crippen LogP contribution in [0, 0.1) is 5.82 Å². The van der Waals surface area contributed by atoms with Gasteiger partial charge in [0, 0.05) is 19.5 Å². The van der Waals surface area contributed by atoms with Crippen LogP contribution < -0.4 is 5.32 Å². The zero-order valence-electron chi connectivity index (χ0n) is 15.2. The fourth-order valence-corrected chi connectivity index (χ4v) is 3.43. The second kappa shape index (κ2) is 9.48. The number of piperidine rings is 1. The van der Waals surface area contributed by atoms with E-state index in [1.54, 1.807) is 12.1 Å². The molecule has 0 atom stereocenters. The van der Waals surface area contributed by atoms with Gasteiger partial charge in [0.1, 0.15) is 5.82 Å². The summed E-state index contributed by atoms with van der Waals surface area (Å²) in [6, 6.07) is 14.7. The molecule has 2 aromatic carbocycles. The van der Waals surface area contributed by atoms with Gasteiger partial charge in [-0.25, -0.2) is 4.39 Å². The first-order chi connectivity index (χ1) is 12.7. The van der Waals surface area contributed by atoms with Gasteiger partial charge in [-0.1, -0.05) is 42.8 Å². The van der Waals surface area contributed by atoms with E-state index in [4.69, 9.17) is 0 Å². The van der Waals surface area contributed by atoms with Gasteiger partial charge in [0.05, 0.1) is 0 Å². The molecule has 1 saturated heterocycles. The average Bonchev–Trinajstić information content (AvgIpc) is 2.68. The van der Waals surface area contributed by atoms with E-state index in [1.807, 2.05) is 6.07 Å². The van der Waals surface area contributed by atoms with Crippen molar-refractivity contribution in [2.75, 3.05) is 13.1 Å². The predicted molar refractivity (Wildman–Crippen MR) is 102 cm³/mol. The molecule has 0 spiro atoms. The van der Waals surface area contributed by atoms with E-state index in [2.05, 4.69) is 28.4 Å². The molecule has 3 nitrogen and oxygen atoms in total. The number of halogens is 1. The third-order valence-electron chi connectivity index (χ3n) is 4.99. The molecule has 3 rings (SSSR count). The number of benzene rings is 2. The van der Waals surface area contributed by atoms with Crippen LogP contribution in [-0.4, -0.2) is 23.9 Å². The molecule has 1 aliphatic heterocycles. The lowest BCUT2D eigenvalue weighted by atomic mass is 10.0. The van der Waals surface area contributed by atoms with Gasteiger partial charge in [-0.3, -0.25) is 9.69 Å². The number of carbonyl (C=O) groups excluding carboxylic acids is 1. The molecular weight excluding hydrogens is 327 g/mol.